The standard InChI is InChI=1S/C28H33Cl3N4O2/c1-19(2)15-34(17-23-9-7-13-33(23)16-21-8-5-6-10-24(21)29)27(36)18-35(20(3)4)28(37)32-22-11-12-25(30)26(31)14-22/h5-14,19-20H,15-18H2,1-4H3,(H,32,37). The minimum Gasteiger partial charge on any atom is -0.345 e. The summed E-state index contributed by atoms with van der Waals surface area (Å²) in [6, 6.07) is 16.0. The number of benzene rings is 2. The van der Waals surface area contributed by atoms with Crippen LogP contribution < -0.4 is 5.32 Å². The van der Waals surface area contributed by atoms with Gasteiger partial charge < -0.3 is 19.7 Å². The summed E-state index contributed by atoms with van der Waals surface area (Å²) in [4.78, 5) is 29.9. The van der Waals surface area contributed by atoms with Gasteiger partial charge >= 0.3 is 6.03 Å². The van der Waals surface area contributed by atoms with Gasteiger partial charge in [-0.1, -0.05) is 66.8 Å². The van der Waals surface area contributed by atoms with Gasteiger partial charge in [0.05, 0.1) is 16.6 Å². The maximum Gasteiger partial charge on any atom is 0.322 e. The highest BCUT2D eigenvalue weighted by atomic mass is 35.5. The Kier molecular flexibility index (Phi) is 10.3. The Balaban J connectivity index is 1.75. The number of aromatic nitrogens is 1. The lowest BCUT2D eigenvalue weighted by atomic mass is 10.2. The summed E-state index contributed by atoms with van der Waals surface area (Å²) in [6.45, 7) is 9.44. The van der Waals surface area contributed by atoms with Crippen molar-refractivity contribution < 1.29 is 9.59 Å². The van der Waals surface area contributed by atoms with Gasteiger partial charge in [0, 0.05) is 41.7 Å². The Morgan fingerprint density at radius 1 is 0.919 bits per heavy atom. The molecule has 198 valence electrons. The lowest BCUT2D eigenvalue weighted by Crippen LogP contribution is -2.48. The van der Waals surface area contributed by atoms with Crippen LogP contribution in [-0.2, 0) is 17.9 Å². The zero-order valence-electron chi connectivity index (χ0n) is 21.5. The van der Waals surface area contributed by atoms with Crippen molar-refractivity contribution in [3.63, 3.8) is 0 Å². The molecule has 0 atom stereocenters. The molecule has 0 bridgehead atoms. The number of hydrogen-bond acceptors (Lipinski definition) is 2. The van der Waals surface area contributed by atoms with E-state index >= 15 is 0 Å². The van der Waals surface area contributed by atoms with Crippen molar-refractivity contribution in [3.8, 4) is 0 Å². The van der Waals surface area contributed by atoms with Gasteiger partial charge in [-0.2, -0.15) is 0 Å². The van der Waals surface area contributed by atoms with Crippen molar-refractivity contribution in [1.82, 2.24) is 14.4 Å². The first-order valence-corrected chi connectivity index (χ1v) is 13.4. The van der Waals surface area contributed by atoms with E-state index in [-0.39, 0.29) is 30.4 Å². The molecule has 1 N–H and O–H groups in total. The molecule has 0 saturated heterocycles. The van der Waals surface area contributed by atoms with Crippen LogP contribution in [0.1, 0.15) is 39.0 Å². The Hall–Kier alpha value is -2.67. The van der Waals surface area contributed by atoms with Gasteiger partial charge in [-0.05, 0) is 61.7 Å². The van der Waals surface area contributed by atoms with E-state index in [4.69, 9.17) is 34.8 Å². The third-order valence-electron chi connectivity index (χ3n) is 5.87. The van der Waals surface area contributed by atoms with Crippen LogP contribution in [0, 0.1) is 5.92 Å². The fourth-order valence-electron chi connectivity index (χ4n) is 3.95. The summed E-state index contributed by atoms with van der Waals surface area (Å²) in [7, 11) is 0. The van der Waals surface area contributed by atoms with E-state index in [0.717, 1.165) is 11.3 Å². The summed E-state index contributed by atoms with van der Waals surface area (Å²) in [5.74, 6) is 0.130. The number of nitrogens with zero attached hydrogens (tertiary/aromatic N) is 3. The van der Waals surface area contributed by atoms with Gasteiger partial charge in [-0.15, -0.1) is 0 Å². The Morgan fingerprint density at radius 2 is 1.65 bits per heavy atom. The molecule has 2 aromatic carbocycles. The molecule has 0 fully saturated rings. The number of anilines is 1. The van der Waals surface area contributed by atoms with Crippen LogP contribution in [0.3, 0.4) is 0 Å². The lowest BCUT2D eigenvalue weighted by molar-refractivity contribution is -0.133. The molecule has 0 aliphatic heterocycles. The first kappa shape index (κ1) is 28.9. The summed E-state index contributed by atoms with van der Waals surface area (Å²) >= 11 is 18.4. The molecule has 0 aliphatic rings. The molecular weight excluding hydrogens is 531 g/mol. The molecule has 1 heterocycles. The van der Waals surface area contributed by atoms with Crippen molar-refractivity contribution in [2.24, 2.45) is 5.92 Å². The number of hydrogen-bond donors (Lipinski definition) is 1. The van der Waals surface area contributed by atoms with E-state index in [1.165, 1.54) is 4.90 Å². The molecule has 0 aliphatic carbocycles. The zero-order chi connectivity index (χ0) is 27.1. The van der Waals surface area contributed by atoms with Crippen molar-refractivity contribution in [3.05, 3.63) is 87.1 Å². The molecule has 0 unspecified atom stereocenters. The lowest BCUT2D eigenvalue weighted by Gasteiger charge is -2.31. The molecule has 6 nitrogen and oxygen atoms in total. The van der Waals surface area contributed by atoms with E-state index in [9.17, 15) is 9.59 Å². The second-order valence-corrected chi connectivity index (χ2v) is 10.9. The number of rotatable bonds is 10. The summed E-state index contributed by atoms with van der Waals surface area (Å²) in [6.07, 6.45) is 1.99. The minimum absolute atomic E-state index is 0.0528. The maximum absolute atomic E-state index is 13.5. The van der Waals surface area contributed by atoms with Crippen LogP contribution in [0.15, 0.2) is 60.8 Å². The highest BCUT2D eigenvalue weighted by Crippen LogP contribution is 2.25. The zero-order valence-corrected chi connectivity index (χ0v) is 23.8. The van der Waals surface area contributed by atoms with Crippen LogP contribution >= 0.6 is 34.8 Å². The smallest absolute Gasteiger partial charge is 0.322 e. The normalized spacial score (nSPS) is 11.2. The van der Waals surface area contributed by atoms with Crippen molar-refractivity contribution in [1.29, 1.82) is 0 Å². The van der Waals surface area contributed by atoms with E-state index in [1.54, 1.807) is 18.2 Å². The van der Waals surface area contributed by atoms with Gasteiger partial charge in [0.2, 0.25) is 5.91 Å². The largest absolute Gasteiger partial charge is 0.345 e. The predicted octanol–water partition coefficient (Wildman–Crippen LogP) is 7.42. The molecule has 37 heavy (non-hydrogen) atoms. The highest BCUT2D eigenvalue weighted by Gasteiger charge is 2.25. The third-order valence-corrected chi connectivity index (χ3v) is 6.98. The van der Waals surface area contributed by atoms with Crippen molar-refractivity contribution in [2.45, 2.75) is 46.8 Å². The monoisotopic (exact) mass is 562 g/mol. The third kappa shape index (κ3) is 8.16. The Bertz CT molecular complexity index is 1230. The van der Waals surface area contributed by atoms with Crippen LogP contribution in [-0.4, -0.2) is 45.4 Å². The van der Waals surface area contributed by atoms with Crippen molar-refractivity contribution in [2.75, 3.05) is 18.4 Å². The molecule has 0 radical (unpaired) electrons. The van der Waals surface area contributed by atoms with Gasteiger partial charge in [-0.3, -0.25) is 4.79 Å². The van der Waals surface area contributed by atoms with Crippen molar-refractivity contribution >= 4 is 52.4 Å². The number of urea groups is 1. The highest BCUT2D eigenvalue weighted by molar-refractivity contribution is 6.42. The maximum atomic E-state index is 13.5. The molecule has 9 heteroatoms. The molecular formula is C28H33Cl3N4O2. The second-order valence-electron chi connectivity index (χ2n) is 9.67. The first-order valence-electron chi connectivity index (χ1n) is 12.2. The number of carbonyl (C=O) groups is 2. The van der Waals surface area contributed by atoms with E-state index in [2.05, 4.69) is 23.7 Å². The Morgan fingerprint density at radius 3 is 2.30 bits per heavy atom. The second kappa shape index (κ2) is 13.2. The average molecular weight is 564 g/mol. The SMILES string of the molecule is CC(C)CN(Cc1cccn1Cc1ccccc1Cl)C(=O)CN(C(=O)Nc1ccc(Cl)c(Cl)c1)C(C)C. The van der Waals surface area contributed by atoms with Crippen LogP contribution in [0.5, 0.6) is 0 Å². The van der Waals surface area contributed by atoms with E-state index < -0.39 is 0 Å². The van der Waals surface area contributed by atoms with Gasteiger partial charge in [0.25, 0.3) is 0 Å². The quantitative estimate of drug-likeness (QED) is 0.279. The molecule has 0 spiro atoms. The Labute approximate surface area is 234 Å². The molecule has 1 aromatic heterocycles. The van der Waals surface area contributed by atoms with Crippen LogP contribution in [0.4, 0.5) is 10.5 Å². The van der Waals surface area contributed by atoms with E-state index in [0.29, 0.717) is 40.4 Å². The summed E-state index contributed by atoms with van der Waals surface area (Å²) in [5, 5.41) is 4.27. The number of nitrogens with one attached hydrogen (secondary N) is 1. The molecule has 3 aromatic rings. The number of halogens is 3. The average Bonchev–Trinajstić information content (AvgIpc) is 3.26. The van der Waals surface area contributed by atoms with Crippen LogP contribution in [0.2, 0.25) is 15.1 Å². The molecule has 3 rings (SSSR count). The summed E-state index contributed by atoms with van der Waals surface area (Å²) < 4.78 is 2.10. The van der Waals surface area contributed by atoms with Gasteiger partial charge in [0.1, 0.15) is 6.54 Å². The molecule has 0 saturated carbocycles. The summed E-state index contributed by atoms with van der Waals surface area (Å²) in [5.41, 5.74) is 2.51. The number of amides is 3. The number of carbonyl (C=O) groups excluding carboxylic acids is 2. The topological polar surface area (TPSA) is 57.6 Å². The minimum atomic E-state index is -0.381. The molecule has 3 amide bonds. The first-order chi connectivity index (χ1) is 17.5. The fraction of sp³-hybridized carbons (Fsp3) is 0.357. The predicted molar refractivity (Wildman–Crippen MR) is 153 cm³/mol. The van der Waals surface area contributed by atoms with Gasteiger partial charge in [0.15, 0.2) is 0 Å². The fourth-order valence-corrected chi connectivity index (χ4v) is 4.45. The van der Waals surface area contributed by atoms with Crippen LogP contribution in [0.25, 0.3) is 0 Å². The van der Waals surface area contributed by atoms with E-state index in [1.807, 2.05) is 61.3 Å². The van der Waals surface area contributed by atoms with Gasteiger partial charge in [-0.25, -0.2) is 4.79 Å².